The Kier molecular flexibility index (Phi) is 6.42. The first-order valence-electron chi connectivity index (χ1n) is 10.9. The van der Waals surface area contributed by atoms with Crippen molar-refractivity contribution in [2.24, 2.45) is 11.1 Å². The van der Waals surface area contributed by atoms with E-state index in [4.69, 9.17) is 5.73 Å². The fourth-order valence-electron chi connectivity index (χ4n) is 3.99. The zero-order valence-corrected chi connectivity index (χ0v) is 19.4. The molecule has 0 unspecified atom stereocenters. The average Bonchev–Trinajstić information content (AvgIpc) is 3.31. The second-order valence-corrected chi connectivity index (χ2v) is 9.20. The lowest BCUT2D eigenvalue weighted by atomic mass is 9.84. The van der Waals surface area contributed by atoms with Gasteiger partial charge in [0.2, 0.25) is 5.91 Å². The molecule has 0 aliphatic carbocycles. The summed E-state index contributed by atoms with van der Waals surface area (Å²) in [6.07, 6.45) is 7.58. The molecule has 0 spiro atoms. The van der Waals surface area contributed by atoms with E-state index in [9.17, 15) is 9.59 Å². The van der Waals surface area contributed by atoms with Crippen molar-refractivity contribution in [3.63, 3.8) is 0 Å². The number of anilines is 2. The largest absolute Gasteiger partial charge is 0.404 e. The van der Waals surface area contributed by atoms with Gasteiger partial charge in [-0.25, -0.2) is 0 Å². The number of aromatic nitrogens is 4. The summed E-state index contributed by atoms with van der Waals surface area (Å²) in [5.41, 5.74) is 9.94. The van der Waals surface area contributed by atoms with Crippen molar-refractivity contribution in [3.05, 3.63) is 60.4 Å². The number of carbonyl (C=O) groups excluding carboxylic acids is 2. The number of nitrogens with two attached hydrogens (primary N) is 1. The predicted octanol–water partition coefficient (Wildman–Crippen LogP) is 2.39. The van der Waals surface area contributed by atoms with Gasteiger partial charge in [-0.3, -0.25) is 29.6 Å². The topological polar surface area (TPSA) is 142 Å². The number of carbonyl (C=O) groups is 2. The van der Waals surface area contributed by atoms with Gasteiger partial charge in [-0.1, -0.05) is 19.9 Å². The molecule has 0 bridgehead atoms. The summed E-state index contributed by atoms with van der Waals surface area (Å²) >= 11 is 0. The summed E-state index contributed by atoms with van der Waals surface area (Å²) in [5.74, 6) is -0.519. The van der Waals surface area contributed by atoms with E-state index in [0.29, 0.717) is 29.3 Å². The van der Waals surface area contributed by atoms with E-state index in [1.54, 1.807) is 24.7 Å². The SMILES string of the molecule is Cc1ccc(NC(=O)CN2CC(C)(C)C2)cc1NC(=O)/C(=C/N)c1cnc(-c2cn[nH]c2)cn1. The molecule has 10 heteroatoms. The Hall–Kier alpha value is -4.05. The molecule has 2 amide bonds. The predicted molar refractivity (Wildman–Crippen MR) is 130 cm³/mol. The third-order valence-electron chi connectivity index (χ3n) is 5.57. The number of hydrogen-bond donors (Lipinski definition) is 4. The van der Waals surface area contributed by atoms with E-state index in [-0.39, 0.29) is 16.9 Å². The molecule has 1 saturated heterocycles. The van der Waals surface area contributed by atoms with Crippen LogP contribution in [0.5, 0.6) is 0 Å². The van der Waals surface area contributed by atoms with Gasteiger partial charge >= 0.3 is 0 Å². The Morgan fingerprint density at radius 1 is 1.18 bits per heavy atom. The first-order chi connectivity index (χ1) is 16.2. The van der Waals surface area contributed by atoms with Crippen LogP contribution < -0.4 is 16.4 Å². The van der Waals surface area contributed by atoms with Crippen LogP contribution in [0.4, 0.5) is 11.4 Å². The maximum atomic E-state index is 13.0. The lowest BCUT2D eigenvalue weighted by molar-refractivity contribution is -0.120. The fraction of sp³-hybridized carbons (Fsp3) is 0.292. The van der Waals surface area contributed by atoms with Crippen molar-refractivity contribution in [3.8, 4) is 11.3 Å². The minimum absolute atomic E-state index is 0.0906. The highest BCUT2D eigenvalue weighted by atomic mass is 16.2. The molecular formula is C24H28N8O2. The van der Waals surface area contributed by atoms with Crippen LogP contribution >= 0.6 is 0 Å². The van der Waals surface area contributed by atoms with E-state index in [2.05, 4.69) is 49.5 Å². The van der Waals surface area contributed by atoms with Crippen molar-refractivity contribution >= 4 is 28.8 Å². The van der Waals surface area contributed by atoms with Gasteiger partial charge in [0.05, 0.1) is 42.1 Å². The number of nitrogens with one attached hydrogen (secondary N) is 3. The Morgan fingerprint density at radius 2 is 1.97 bits per heavy atom. The molecule has 2 aromatic heterocycles. The van der Waals surface area contributed by atoms with Crippen LogP contribution in [0.15, 0.2) is 49.2 Å². The van der Waals surface area contributed by atoms with Crippen molar-refractivity contribution in [1.82, 2.24) is 25.1 Å². The fourth-order valence-corrected chi connectivity index (χ4v) is 3.99. The van der Waals surface area contributed by atoms with E-state index < -0.39 is 5.91 Å². The number of benzene rings is 1. The Balaban J connectivity index is 1.42. The van der Waals surface area contributed by atoms with E-state index in [1.807, 2.05) is 19.1 Å². The minimum atomic E-state index is -0.428. The number of rotatable bonds is 7. The summed E-state index contributed by atoms with van der Waals surface area (Å²) in [6, 6.07) is 5.37. The lowest BCUT2D eigenvalue weighted by Crippen LogP contribution is -2.54. The molecule has 176 valence electrons. The molecule has 1 aliphatic rings. The summed E-state index contributed by atoms with van der Waals surface area (Å²) < 4.78 is 0. The van der Waals surface area contributed by atoms with Crippen molar-refractivity contribution < 1.29 is 9.59 Å². The average molecular weight is 461 g/mol. The molecular weight excluding hydrogens is 432 g/mol. The van der Waals surface area contributed by atoms with E-state index in [0.717, 1.165) is 24.2 Å². The van der Waals surface area contributed by atoms with Crippen molar-refractivity contribution in [2.75, 3.05) is 30.3 Å². The second-order valence-electron chi connectivity index (χ2n) is 9.20. The molecule has 1 aliphatic heterocycles. The van der Waals surface area contributed by atoms with Gasteiger partial charge in [-0.05, 0) is 30.0 Å². The van der Waals surface area contributed by atoms with Crippen LogP contribution in [0, 0.1) is 12.3 Å². The Labute approximate surface area is 197 Å². The van der Waals surface area contributed by atoms with Gasteiger partial charge in [-0.15, -0.1) is 0 Å². The maximum absolute atomic E-state index is 13.0. The molecule has 34 heavy (non-hydrogen) atoms. The quantitative estimate of drug-likeness (QED) is 0.397. The number of aromatic amines is 1. The standard InChI is InChI=1S/C24H28N8O2/c1-15-4-5-17(30-22(33)12-32-13-24(2,3)14-32)6-19(15)31-23(34)18(7-25)21-11-26-20(10-27-21)16-8-28-29-9-16/h4-11H,12-14,25H2,1-3H3,(H,28,29)(H,30,33)(H,31,34)/b18-7+. The van der Waals surface area contributed by atoms with Gasteiger partial charge in [0.25, 0.3) is 5.91 Å². The monoisotopic (exact) mass is 460 g/mol. The minimum Gasteiger partial charge on any atom is -0.404 e. The number of aryl methyl sites for hydroxylation is 1. The molecule has 4 rings (SSSR count). The van der Waals surface area contributed by atoms with Gasteiger partial charge in [0, 0.05) is 42.4 Å². The highest BCUT2D eigenvalue weighted by Gasteiger charge is 2.34. The first kappa shape index (κ1) is 23.1. The van der Waals surface area contributed by atoms with Crippen LogP contribution in [-0.4, -0.2) is 56.5 Å². The first-order valence-corrected chi connectivity index (χ1v) is 10.9. The van der Waals surface area contributed by atoms with Gasteiger partial charge in [0.1, 0.15) is 0 Å². The summed E-state index contributed by atoms with van der Waals surface area (Å²) in [6.45, 7) is 8.37. The number of likely N-dealkylation sites (tertiary alicyclic amines) is 1. The van der Waals surface area contributed by atoms with E-state index >= 15 is 0 Å². The zero-order valence-electron chi connectivity index (χ0n) is 19.4. The molecule has 0 atom stereocenters. The molecule has 1 fully saturated rings. The third kappa shape index (κ3) is 5.29. The molecule has 0 saturated carbocycles. The summed E-state index contributed by atoms with van der Waals surface area (Å²) in [4.78, 5) is 36.1. The van der Waals surface area contributed by atoms with Gasteiger partial charge in [0.15, 0.2) is 0 Å². The van der Waals surface area contributed by atoms with Crippen molar-refractivity contribution in [2.45, 2.75) is 20.8 Å². The highest BCUT2D eigenvalue weighted by Crippen LogP contribution is 2.28. The molecule has 3 heterocycles. The highest BCUT2D eigenvalue weighted by molar-refractivity contribution is 6.24. The lowest BCUT2D eigenvalue weighted by Gasteiger charge is -2.45. The maximum Gasteiger partial charge on any atom is 0.259 e. The normalized spacial score (nSPS) is 15.4. The third-order valence-corrected chi connectivity index (χ3v) is 5.57. The van der Waals surface area contributed by atoms with Gasteiger partial charge < -0.3 is 16.4 Å². The van der Waals surface area contributed by atoms with Crippen LogP contribution in [0.3, 0.4) is 0 Å². The molecule has 0 radical (unpaired) electrons. The Morgan fingerprint density at radius 3 is 2.59 bits per heavy atom. The van der Waals surface area contributed by atoms with E-state index in [1.165, 1.54) is 12.4 Å². The van der Waals surface area contributed by atoms with Crippen LogP contribution in [0.25, 0.3) is 16.8 Å². The van der Waals surface area contributed by atoms with Crippen LogP contribution in [-0.2, 0) is 9.59 Å². The summed E-state index contributed by atoms with van der Waals surface area (Å²) in [7, 11) is 0. The van der Waals surface area contributed by atoms with Crippen molar-refractivity contribution in [1.29, 1.82) is 0 Å². The molecule has 10 nitrogen and oxygen atoms in total. The number of amides is 2. The second kappa shape index (κ2) is 9.44. The number of hydrogen-bond acceptors (Lipinski definition) is 7. The Bertz CT molecular complexity index is 1210. The summed E-state index contributed by atoms with van der Waals surface area (Å²) in [5, 5.41) is 12.4. The molecule has 5 N–H and O–H groups in total. The zero-order chi connectivity index (χ0) is 24.3. The smallest absolute Gasteiger partial charge is 0.259 e. The number of H-pyrrole nitrogens is 1. The molecule has 3 aromatic rings. The van der Waals surface area contributed by atoms with Crippen LogP contribution in [0.2, 0.25) is 0 Å². The van der Waals surface area contributed by atoms with Crippen LogP contribution in [0.1, 0.15) is 25.1 Å². The molecule has 1 aromatic carbocycles. The number of nitrogens with zero attached hydrogens (tertiary/aromatic N) is 4. The van der Waals surface area contributed by atoms with Gasteiger partial charge in [-0.2, -0.15) is 5.10 Å².